The van der Waals surface area contributed by atoms with Crippen LogP contribution in [0.1, 0.15) is 11.7 Å². The summed E-state index contributed by atoms with van der Waals surface area (Å²) in [4.78, 5) is 10.4. The lowest BCUT2D eigenvalue weighted by Crippen LogP contribution is -2.42. The number of aromatic nitrogens is 2. The lowest BCUT2D eigenvalue weighted by Gasteiger charge is -2.26. The standard InChI is InChI=1S/C9H15N5OS/c1-7-12-8(15-13-7)6-11-9(10)14-2-4-16-5-3-14/h2-6H2,1H3,(H2,10,11). The van der Waals surface area contributed by atoms with Gasteiger partial charge in [-0.1, -0.05) is 5.16 Å². The number of hydrogen-bond acceptors (Lipinski definition) is 5. The second kappa shape index (κ2) is 5.20. The molecule has 0 saturated carbocycles. The molecule has 1 aliphatic rings. The molecule has 1 aromatic heterocycles. The molecule has 1 fully saturated rings. The first kappa shape index (κ1) is 11.3. The Balaban J connectivity index is 1.90. The zero-order chi connectivity index (χ0) is 11.4. The second-order valence-corrected chi connectivity index (χ2v) is 4.73. The molecule has 0 unspecified atom stereocenters. The van der Waals surface area contributed by atoms with E-state index in [4.69, 9.17) is 10.3 Å². The predicted octanol–water partition coefficient (Wildman–Crippen LogP) is 0.242. The fraction of sp³-hybridized carbons (Fsp3) is 0.667. The molecule has 7 heteroatoms. The van der Waals surface area contributed by atoms with Gasteiger partial charge in [-0.05, 0) is 6.92 Å². The van der Waals surface area contributed by atoms with E-state index < -0.39 is 0 Å². The predicted molar refractivity (Wildman–Crippen MR) is 63.3 cm³/mol. The number of thioether (sulfide) groups is 1. The SMILES string of the molecule is Cc1noc(CN=C(N)N2CCSCC2)n1. The Labute approximate surface area is 98.3 Å². The van der Waals surface area contributed by atoms with Crippen molar-refractivity contribution in [1.82, 2.24) is 15.0 Å². The summed E-state index contributed by atoms with van der Waals surface area (Å²) in [6.07, 6.45) is 0. The normalized spacial score (nSPS) is 17.8. The van der Waals surface area contributed by atoms with Crippen LogP contribution in [0.15, 0.2) is 9.52 Å². The second-order valence-electron chi connectivity index (χ2n) is 3.51. The van der Waals surface area contributed by atoms with Crippen molar-refractivity contribution in [3.05, 3.63) is 11.7 Å². The Bertz CT molecular complexity index is 372. The first-order valence-corrected chi connectivity index (χ1v) is 6.33. The molecule has 2 rings (SSSR count). The van der Waals surface area contributed by atoms with Crippen molar-refractivity contribution in [3.8, 4) is 0 Å². The third-order valence-corrected chi connectivity index (χ3v) is 3.22. The van der Waals surface area contributed by atoms with E-state index in [-0.39, 0.29) is 0 Å². The Kier molecular flexibility index (Phi) is 3.66. The number of rotatable bonds is 2. The van der Waals surface area contributed by atoms with Gasteiger partial charge in [0.2, 0.25) is 5.89 Å². The van der Waals surface area contributed by atoms with E-state index in [0.29, 0.717) is 24.2 Å². The van der Waals surface area contributed by atoms with Crippen molar-refractivity contribution >= 4 is 17.7 Å². The molecule has 0 aliphatic carbocycles. The number of guanidine groups is 1. The Morgan fingerprint density at radius 1 is 1.56 bits per heavy atom. The highest BCUT2D eigenvalue weighted by atomic mass is 32.2. The van der Waals surface area contributed by atoms with Crippen molar-refractivity contribution < 1.29 is 4.52 Å². The first-order valence-electron chi connectivity index (χ1n) is 5.17. The summed E-state index contributed by atoms with van der Waals surface area (Å²) in [6, 6.07) is 0. The maximum atomic E-state index is 5.88. The van der Waals surface area contributed by atoms with Crippen LogP contribution in [0, 0.1) is 6.92 Å². The summed E-state index contributed by atoms with van der Waals surface area (Å²) >= 11 is 1.94. The highest BCUT2D eigenvalue weighted by Gasteiger charge is 2.12. The molecule has 6 nitrogen and oxygen atoms in total. The van der Waals surface area contributed by atoms with Gasteiger partial charge >= 0.3 is 0 Å². The van der Waals surface area contributed by atoms with Gasteiger partial charge in [0.05, 0.1) is 0 Å². The van der Waals surface area contributed by atoms with Crippen LogP contribution in [0.25, 0.3) is 0 Å². The third kappa shape index (κ3) is 2.88. The van der Waals surface area contributed by atoms with E-state index in [1.165, 1.54) is 0 Å². The van der Waals surface area contributed by atoms with Gasteiger partial charge in [-0.3, -0.25) is 0 Å². The molecule has 88 valence electrons. The van der Waals surface area contributed by atoms with E-state index >= 15 is 0 Å². The number of nitrogens with zero attached hydrogens (tertiary/aromatic N) is 4. The molecule has 0 aromatic carbocycles. The maximum absolute atomic E-state index is 5.88. The summed E-state index contributed by atoms with van der Waals surface area (Å²) in [5.41, 5.74) is 5.88. The molecule has 2 N–H and O–H groups in total. The Morgan fingerprint density at radius 2 is 2.31 bits per heavy atom. The van der Waals surface area contributed by atoms with Crippen molar-refractivity contribution in [2.24, 2.45) is 10.7 Å². The highest BCUT2D eigenvalue weighted by molar-refractivity contribution is 7.99. The molecular weight excluding hydrogens is 226 g/mol. The van der Waals surface area contributed by atoms with E-state index in [0.717, 1.165) is 24.6 Å². The molecule has 0 amide bonds. The van der Waals surface area contributed by atoms with Gasteiger partial charge in [0.25, 0.3) is 0 Å². The molecule has 2 heterocycles. The van der Waals surface area contributed by atoms with E-state index in [9.17, 15) is 0 Å². The van der Waals surface area contributed by atoms with Crippen LogP contribution in [0.5, 0.6) is 0 Å². The summed E-state index contributed by atoms with van der Waals surface area (Å²) in [5, 5.41) is 3.69. The van der Waals surface area contributed by atoms with Crippen LogP contribution in [-0.2, 0) is 6.54 Å². The fourth-order valence-electron chi connectivity index (χ4n) is 1.45. The highest BCUT2D eigenvalue weighted by Crippen LogP contribution is 2.08. The van der Waals surface area contributed by atoms with E-state index in [1.807, 2.05) is 11.8 Å². The van der Waals surface area contributed by atoms with E-state index in [1.54, 1.807) is 6.92 Å². The maximum Gasteiger partial charge on any atom is 0.248 e. The molecule has 1 aliphatic heterocycles. The van der Waals surface area contributed by atoms with Gasteiger partial charge in [0.15, 0.2) is 11.8 Å². The largest absolute Gasteiger partial charge is 0.370 e. The van der Waals surface area contributed by atoms with Crippen molar-refractivity contribution in [3.63, 3.8) is 0 Å². The quantitative estimate of drug-likeness (QED) is 0.590. The molecule has 0 spiro atoms. The lowest BCUT2D eigenvalue weighted by atomic mass is 10.5. The number of nitrogens with two attached hydrogens (primary N) is 1. The average molecular weight is 241 g/mol. The van der Waals surface area contributed by atoms with Crippen LogP contribution in [-0.4, -0.2) is 45.6 Å². The minimum absolute atomic E-state index is 0.357. The van der Waals surface area contributed by atoms with Crippen LogP contribution in [0.3, 0.4) is 0 Å². The summed E-state index contributed by atoms with van der Waals surface area (Å²) in [5.74, 6) is 3.91. The lowest BCUT2D eigenvalue weighted by molar-refractivity contribution is 0.375. The minimum Gasteiger partial charge on any atom is -0.370 e. The average Bonchev–Trinajstić information content (AvgIpc) is 2.73. The van der Waals surface area contributed by atoms with Gasteiger partial charge in [0, 0.05) is 24.6 Å². The molecule has 1 aromatic rings. The zero-order valence-corrected chi connectivity index (χ0v) is 10.0. The number of aliphatic imine (C=N–C) groups is 1. The topological polar surface area (TPSA) is 80.5 Å². The summed E-state index contributed by atoms with van der Waals surface area (Å²) < 4.78 is 4.96. The van der Waals surface area contributed by atoms with Gasteiger partial charge in [-0.25, -0.2) is 4.99 Å². The van der Waals surface area contributed by atoms with Gasteiger partial charge in [-0.2, -0.15) is 16.7 Å². The Hall–Kier alpha value is -1.24. The molecule has 0 radical (unpaired) electrons. The molecule has 0 atom stereocenters. The van der Waals surface area contributed by atoms with Gasteiger partial charge in [0.1, 0.15) is 6.54 Å². The monoisotopic (exact) mass is 241 g/mol. The van der Waals surface area contributed by atoms with Crippen molar-refractivity contribution in [2.75, 3.05) is 24.6 Å². The van der Waals surface area contributed by atoms with Gasteiger partial charge in [-0.15, -0.1) is 0 Å². The smallest absolute Gasteiger partial charge is 0.248 e. The number of hydrogen-bond donors (Lipinski definition) is 1. The van der Waals surface area contributed by atoms with Crippen molar-refractivity contribution in [1.29, 1.82) is 0 Å². The Morgan fingerprint density at radius 3 is 2.94 bits per heavy atom. The van der Waals surface area contributed by atoms with Crippen LogP contribution in [0.4, 0.5) is 0 Å². The zero-order valence-electron chi connectivity index (χ0n) is 9.22. The molecule has 16 heavy (non-hydrogen) atoms. The minimum atomic E-state index is 0.357. The fourth-order valence-corrected chi connectivity index (χ4v) is 2.35. The van der Waals surface area contributed by atoms with Crippen LogP contribution < -0.4 is 5.73 Å². The van der Waals surface area contributed by atoms with Gasteiger partial charge < -0.3 is 15.2 Å². The van der Waals surface area contributed by atoms with E-state index in [2.05, 4.69) is 20.0 Å². The molecule has 1 saturated heterocycles. The van der Waals surface area contributed by atoms with Crippen molar-refractivity contribution in [2.45, 2.75) is 13.5 Å². The summed E-state index contributed by atoms with van der Waals surface area (Å²) in [7, 11) is 0. The third-order valence-electron chi connectivity index (χ3n) is 2.28. The first-order chi connectivity index (χ1) is 7.75. The molecular formula is C9H15N5OS. The number of aryl methyl sites for hydroxylation is 1. The molecule has 0 bridgehead atoms. The summed E-state index contributed by atoms with van der Waals surface area (Å²) in [6.45, 7) is 4.06. The van der Waals surface area contributed by atoms with Crippen LogP contribution >= 0.6 is 11.8 Å². The van der Waals surface area contributed by atoms with Crippen LogP contribution in [0.2, 0.25) is 0 Å².